The lowest BCUT2D eigenvalue weighted by atomic mass is 10.1. The normalized spacial score (nSPS) is 12.9. The van der Waals surface area contributed by atoms with Crippen molar-refractivity contribution in [2.75, 3.05) is 5.32 Å². The van der Waals surface area contributed by atoms with Crippen molar-refractivity contribution >= 4 is 33.2 Å². The average Bonchev–Trinajstić information content (AvgIpc) is 2.21. The fourth-order valence-corrected chi connectivity index (χ4v) is 2.81. The van der Waals surface area contributed by atoms with Crippen LogP contribution in [0.3, 0.4) is 0 Å². The highest BCUT2D eigenvalue weighted by molar-refractivity contribution is 9.10. The summed E-state index contributed by atoms with van der Waals surface area (Å²) in [5, 5.41) is 3.61. The Morgan fingerprint density at radius 2 is 1.95 bits per heavy atom. The summed E-state index contributed by atoms with van der Waals surface area (Å²) >= 11 is 9.12. The van der Waals surface area contributed by atoms with Crippen molar-refractivity contribution in [2.24, 2.45) is 5.92 Å². The molecule has 0 aliphatic rings. The molecule has 1 aromatic carbocycles. The van der Waals surface area contributed by atoms with Crippen LogP contribution in [0.4, 0.5) is 14.5 Å². The van der Waals surface area contributed by atoms with Gasteiger partial charge in [-0.15, -0.1) is 0 Å². The van der Waals surface area contributed by atoms with Gasteiger partial charge in [-0.25, -0.2) is 0 Å². The maximum absolute atomic E-state index is 12.4. The molecule has 0 saturated heterocycles. The van der Waals surface area contributed by atoms with Crippen LogP contribution < -0.4 is 10.1 Å². The third-order valence-corrected chi connectivity index (χ3v) is 3.25. The highest BCUT2D eigenvalue weighted by atomic mass is 79.9. The summed E-state index contributed by atoms with van der Waals surface area (Å²) in [6.07, 6.45) is 0.915. The van der Waals surface area contributed by atoms with Crippen LogP contribution in [0.5, 0.6) is 5.75 Å². The number of hydrogen-bond donors (Lipinski definition) is 1. The number of ether oxygens (including phenoxy) is 1. The fraction of sp³-hybridized carbons (Fsp3) is 0.538. The second-order valence-electron chi connectivity index (χ2n) is 4.82. The van der Waals surface area contributed by atoms with E-state index in [-0.39, 0.29) is 11.8 Å². The molecule has 1 aromatic rings. The first-order valence-corrected chi connectivity index (χ1v) is 7.17. The van der Waals surface area contributed by atoms with E-state index in [2.05, 4.69) is 39.8 Å². The Hall–Kier alpha value is -0.550. The minimum Gasteiger partial charge on any atom is -0.431 e. The minimum absolute atomic E-state index is 0.0787. The Labute approximate surface area is 125 Å². The smallest absolute Gasteiger partial charge is 0.387 e. The van der Waals surface area contributed by atoms with E-state index >= 15 is 0 Å². The van der Waals surface area contributed by atoms with Crippen LogP contribution in [0.15, 0.2) is 16.6 Å². The second kappa shape index (κ2) is 7.29. The van der Waals surface area contributed by atoms with Crippen LogP contribution in [-0.2, 0) is 0 Å². The van der Waals surface area contributed by atoms with Crippen LogP contribution >= 0.6 is 27.5 Å². The predicted octanol–water partition coefficient (Wildman–Crippen LogP) is 5.55. The van der Waals surface area contributed by atoms with E-state index < -0.39 is 6.61 Å². The number of nitrogens with one attached hydrogen (secondary N) is 1. The molecule has 1 atom stereocenters. The van der Waals surface area contributed by atoms with E-state index in [4.69, 9.17) is 11.6 Å². The van der Waals surface area contributed by atoms with Gasteiger partial charge in [-0.05, 0) is 47.3 Å². The molecule has 2 nitrogen and oxygen atoms in total. The van der Waals surface area contributed by atoms with Crippen LogP contribution in [0, 0.1) is 5.92 Å². The third kappa shape index (κ3) is 5.53. The van der Waals surface area contributed by atoms with Crippen LogP contribution in [-0.4, -0.2) is 12.7 Å². The summed E-state index contributed by atoms with van der Waals surface area (Å²) in [7, 11) is 0. The number of halogens is 4. The molecular weight excluding hydrogens is 340 g/mol. The monoisotopic (exact) mass is 355 g/mol. The zero-order valence-electron chi connectivity index (χ0n) is 11.0. The van der Waals surface area contributed by atoms with Gasteiger partial charge in [-0.1, -0.05) is 25.4 Å². The van der Waals surface area contributed by atoms with Gasteiger partial charge in [0.05, 0.1) is 10.2 Å². The molecule has 0 radical (unpaired) electrons. The molecule has 0 saturated carbocycles. The molecule has 0 heterocycles. The quantitative estimate of drug-likeness (QED) is 0.721. The number of rotatable bonds is 6. The van der Waals surface area contributed by atoms with Crippen LogP contribution in [0.2, 0.25) is 5.02 Å². The maximum atomic E-state index is 12.4. The Kier molecular flexibility index (Phi) is 6.33. The lowest BCUT2D eigenvalue weighted by Crippen LogP contribution is -2.18. The first-order valence-electron chi connectivity index (χ1n) is 6.00. The molecule has 1 rings (SSSR count). The summed E-state index contributed by atoms with van der Waals surface area (Å²) < 4.78 is 29.8. The van der Waals surface area contributed by atoms with Gasteiger partial charge in [-0.2, -0.15) is 8.78 Å². The molecule has 1 unspecified atom stereocenters. The van der Waals surface area contributed by atoms with Gasteiger partial charge in [-0.3, -0.25) is 0 Å². The highest BCUT2D eigenvalue weighted by Crippen LogP contribution is 2.38. The number of alkyl halides is 2. The lowest BCUT2D eigenvalue weighted by molar-refractivity contribution is -0.0499. The fourth-order valence-electron chi connectivity index (χ4n) is 1.91. The number of anilines is 1. The van der Waals surface area contributed by atoms with E-state index in [0.717, 1.165) is 6.42 Å². The number of hydrogen-bond acceptors (Lipinski definition) is 2. The molecule has 0 aliphatic carbocycles. The molecular formula is C13H17BrClF2NO. The largest absolute Gasteiger partial charge is 0.431 e. The van der Waals surface area contributed by atoms with Crippen molar-refractivity contribution in [3.63, 3.8) is 0 Å². The average molecular weight is 357 g/mol. The van der Waals surface area contributed by atoms with Gasteiger partial charge >= 0.3 is 6.61 Å². The van der Waals surface area contributed by atoms with Crippen LogP contribution in [0.25, 0.3) is 0 Å². The predicted molar refractivity (Wildman–Crippen MR) is 78.3 cm³/mol. The van der Waals surface area contributed by atoms with Gasteiger partial charge in [0.15, 0.2) is 5.75 Å². The molecule has 0 spiro atoms. The summed E-state index contributed by atoms with van der Waals surface area (Å²) in [5.41, 5.74) is 0.466. The van der Waals surface area contributed by atoms with E-state index in [9.17, 15) is 8.78 Å². The van der Waals surface area contributed by atoms with E-state index in [1.807, 2.05) is 6.92 Å². The van der Waals surface area contributed by atoms with Crippen molar-refractivity contribution in [1.82, 2.24) is 0 Å². The molecule has 0 aromatic heterocycles. The SMILES string of the molecule is CC(C)CC(C)Nc1cc(Cl)cc(Br)c1OC(F)F. The van der Waals surface area contributed by atoms with Crippen molar-refractivity contribution in [1.29, 1.82) is 0 Å². The highest BCUT2D eigenvalue weighted by Gasteiger charge is 2.16. The molecule has 19 heavy (non-hydrogen) atoms. The molecule has 0 bridgehead atoms. The van der Waals surface area contributed by atoms with E-state index in [0.29, 0.717) is 21.1 Å². The van der Waals surface area contributed by atoms with Gasteiger partial charge < -0.3 is 10.1 Å². The molecule has 1 N–H and O–H groups in total. The third-order valence-electron chi connectivity index (χ3n) is 2.44. The summed E-state index contributed by atoms with van der Waals surface area (Å²) in [4.78, 5) is 0. The Morgan fingerprint density at radius 1 is 1.32 bits per heavy atom. The van der Waals surface area contributed by atoms with Gasteiger partial charge in [0.2, 0.25) is 0 Å². The zero-order chi connectivity index (χ0) is 14.6. The van der Waals surface area contributed by atoms with Crippen molar-refractivity contribution in [2.45, 2.75) is 39.8 Å². The molecule has 6 heteroatoms. The van der Waals surface area contributed by atoms with E-state index in [1.54, 1.807) is 6.07 Å². The zero-order valence-corrected chi connectivity index (χ0v) is 13.4. The molecule has 0 amide bonds. The molecule has 0 fully saturated rings. The van der Waals surface area contributed by atoms with E-state index in [1.165, 1.54) is 6.07 Å². The summed E-state index contributed by atoms with van der Waals surface area (Å²) in [5.74, 6) is 0.583. The van der Waals surface area contributed by atoms with Gasteiger partial charge in [0.1, 0.15) is 0 Å². The molecule has 0 aliphatic heterocycles. The van der Waals surface area contributed by atoms with Crippen molar-refractivity contribution < 1.29 is 13.5 Å². The number of benzene rings is 1. The topological polar surface area (TPSA) is 21.3 Å². The summed E-state index contributed by atoms with van der Waals surface area (Å²) in [6.45, 7) is 3.31. The first-order chi connectivity index (χ1) is 8.79. The standard InChI is InChI=1S/C13H17BrClF2NO/c1-7(2)4-8(3)18-11-6-9(15)5-10(14)12(11)19-13(16)17/h5-8,13,18H,4H2,1-3H3. The summed E-state index contributed by atoms with van der Waals surface area (Å²) in [6, 6.07) is 3.24. The van der Waals surface area contributed by atoms with Gasteiger partial charge in [0.25, 0.3) is 0 Å². The van der Waals surface area contributed by atoms with Gasteiger partial charge in [0, 0.05) is 11.1 Å². The Bertz CT molecular complexity index is 429. The Balaban J connectivity index is 2.96. The molecule has 108 valence electrons. The minimum atomic E-state index is -2.88. The second-order valence-corrected chi connectivity index (χ2v) is 6.11. The first kappa shape index (κ1) is 16.5. The lowest BCUT2D eigenvalue weighted by Gasteiger charge is -2.20. The van der Waals surface area contributed by atoms with Crippen molar-refractivity contribution in [3.8, 4) is 5.75 Å². The Morgan fingerprint density at radius 3 is 2.47 bits per heavy atom. The maximum Gasteiger partial charge on any atom is 0.387 e. The van der Waals surface area contributed by atoms with Crippen molar-refractivity contribution in [3.05, 3.63) is 21.6 Å². The van der Waals surface area contributed by atoms with Crippen LogP contribution in [0.1, 0.15) is 27.2 Å².